The van der Waals surface area contributed by atoms with Crippen molar-refractivity contribution in [1.82, 2.24) is 4.90 Å². The Labute approximate surface area is 184 Å². The van der Waals surface area contributed by atoms with Crippen molar-refractivity contribution in [2.75, 3.05) is 26.2 Å². The lowest BCUT2D eigenvalue weighted by Gasteiger charge is -2.31. The minimum absolute atomic E-state index is 0.0976. The van der Waals surface area contributed by atoms with Crippen LogP contribution in [0.3, 0.4) is 0 Å². The minimum Gasteiger partial charge on any atom is -0.456 e. The first kappa shape index (κ1) is 22.2. The van der Waals surface area contributed by atoms with Crippen molar-refractivity contribution in [1.29, 1.82) is 0 Å². The lowest BCUT2D eigenvalue weighted by molar-refractivity contribution is -0.0328. The third kappa shape index (κ3) is 5.64. The maximum absolute atomic E-state index is 12.9. The normalized spacial score (nSPS) is 18.5. The maximum atomic E-state index is 12.9. The first-order chi connectivity index (χ1) is 14.9. The van der Waals surface area contributed by atoms with Gasteiger partial charge in [-0.3, -0.25) is 0 Å². The molecule has 7 heteroatoms. The van der Waals surface area contributed by atoms with E-state index in [0.717, 1.165) is 62.2 Å². The number of thioether (sulfide) groups is 1. The fourth-order valence-electron chi connectivity index (χ4n) is 4.37. The number of alkyl halides is 3. The average molecular weight is 450 g/mol. The molecule has 0 bridgehead atoms. The topological polar surface area (TPSA) is 32.7 Å². The van der Waals surface area contributed by atoms with Gasteiger partial charge in [0.2, 0.25) is 0 Å². The summed E-state index contributed by atoms with van der Waals surface area (Å²) in [4.78, 5) is 2.45. The van der Waals surface area contributed by atoms with Gasteiger partial charge >= 0.3 is 5.51 Å². The van der Waals surface area contributed by atoms with Crippen LogP contribution in [0.2, 0.25) is 0 Å². The number of ether oxygens (including phenoxy) is 1. The summed E-state index contributed by atoms with van der Waals surface area (Å²) in [5.74, 6) is 1.96. The van der Waals surface area contributed by atoms with E-state index in [1.165, 1.54) is 6.07 Å². The fourth-order valence-corrected chi connectivity index (χ4v) is 4.95. The van der Waals surface area contributed by atoms with Gasteiger partial charge in [0.1, 0.15) is 11.5 Å². The van der Waals surface area contributed by atoms with Gasteiger partial charge in [0.15, 0.2) is 0 Å². The van der Waals surface area contributed by atoms with E-state index in [1.807, 2.05) is 24.3 Å². The molecule has 0 unspecified atom stereocenters. The Morgan fingerprint density at radius 1 is 1.06 bits per heavy atom. The third-order valence-electron chi connectivity index (χ3n) is 5.92. The van der Waals surface area contributed by atoms with E-state index in [0.29, 0.717) is 17.2 Å². The molecule has 0 aromatic heterocycles. The zero-order valence-electron chi connectivity index (χ0n) is 17.2. The van der Waals surface area contributed by atoms with Crippen molar-refractivity contribution in [3.05, 3.63) is 59.7 Å². The van der Waals surface area contributed by atoms with Gasteiger partial charge in [-0.05, 0) is 86.3 Å². The second kappa shape index (κ2) is 9.67. The van der Waals surface area contributed by atoms with Crippen LogP contribution in [0.5, 0.6) is 11.5 Å². The predicted octanol–water partition coefficient (Wildman–Crippen LogP) is 6.32. The zero-order chi connectivity index (χ0) is 21.8. The van der Waals surface area contributed by atoms with Gasteiger partial charge in [-0.15, -0.1) is 0 Å². The molecule has 3 nitrogen and oxygen atoms in total. The molecule has 0 aliphatic carbocycles. The minimum atomic E-state index is -4.32. The number of piperidine rings is 1. The molecule has 0 spiro atoms. The molecule has 31 heavy (non-hydrogen) atoms. The number of hydrogen-bond donors (Lipinski definition) is 1. The Bertz CT molecular complexity index is 937. The smallest absolute Gasteiger partial charge is 0.446 e. The number of nitrogens with zero attached hydrogens (tertiary/aromatic N) is 1. The highest BCUT2D eigenvalue weighted by Crippen LogP contribution is 2.46. The number of likely N-dealkylation sites (tertiary alicyclic amines) is 1. The van der Waals surface area contributed by atoms with Gasteiger partial charge in [-0.25, -0.2) is 0 Å². The summed E-state index contributed by atoms with van der Waals surface area (Å²) in [5.41, 5.74) is -1.75. The zero-order valence-corrected chi connectivity index (χ0v) is 18.0. The first-order valence-corrected chi connectivity index (χ1v) is 11.5. The van der Waals surface area contributed by atoms with Crippen molar-refractivity contribution in [2.24, 2.45) is 5.92 Å². The summed E-state index contributed by atoms with van der Waals surface area (Å²) >= 11 is -0.0976. The Kier molecular flexibility index (Phi) is 6.94. The summed E-state index contributed by atoms with van der Waals surface area (Å²) in [6.07, 6.45) is 6.30. The van der Waals surface area contributed by atoms with Gasteiger partial charge in [0.25, 0.3) is 0 Å². The number of allylic oxidation sites excluding steroid dienone is 1. The highest BCUT2D eigenvalue weighted by molar-refractivity contribution is 8.00. The number of rotatable bonds is 6. The van der Waals surface area contributed by atoms with E-state index >= 15 is 0 Å². The number of benzene rings is 2. The lowest BCUT2D eigenvalue weighted by Crippen LogP contribution is -2.35. The van der Waals surface area contributed by atoms with Crippen LogP contribution in [0.1, 0.15) is 36.8 Å². The van der Waals surface area contributed by atoms with Crippen molar-refractivity contribution in [3.8, 4) is 11.5 Å². The third-order valence-corrected chi connectivity index (χ3v) is 6.64. The number of fused-ring (bicyclic) bond motifs is 2. The molecular weight excluding hydrogens is 423 g/mol. The molecule has 166 valence electrons. The van der Waals surface area contributed by atoms with Crippen LogP contribution in [-0.2, 0) is 0 Å². The molecular formula is C24H26F3NO2S. The number of aliphatic hydroxyl groups excluding tert-OH is 1. The summed E-state index contributed by atoms with van der Waals surface area (Å²) in [6, 6.07) is 12.3. The van der Waals surface area contributed by atoms with Gasteiger partial charge < -0.3 is 14.7 Å². The molecule has 1 saturated heterocycles. The Balaban J connectivity index is 1.53. The Hall–Kier alpha value is -1.96. The molecule has 4 rings (SSSR count). The molecule has 0 amide bonds. The summed E-state index contributed by atoms with van der Waals surface area (Å²) < 4.78 is 44.6. The molecule has 2 aromatic carbocycles. The van der Waals surface area contributed by atoms with Crippen molar-refractivity contribution >= 4 is 17.3 Å². The van der Waals surface area contributed by atoms with Crippen molar-refractivity contribution in [2.45, 2.75) is 36.1 Å². The maximum Gasteiger partial charge on any atom is 0.446 e. The van der Waals surface area contributed by atoms with Crippen LogP contribution in [0, 0.1) is 5.92 Å². The Morgan fingerprint density at radius 2 is 1.81 bits per heavy atom. The standard InChI is InChI=1S/C24H26F3NO2S/c25-24(26,27)31-18-8-9-23-21(16-18)19(20-5-1-2-7-22(20)30-23)6-3-4-17-10-12-28(13-11-17)14-15-29/h1-2,5-9,16-17,29H,3-4,10-15H2. The van der Waals surface area contributed by atoms with Crippen molar-refractivity contribution < 1.29 is 23.0 Å². The quantitative estimate of drug-likeness (QED) is 0.447. The molecule has 2 aliphatic heterocycles. The molecule has 0 radical (unpaired) electrons. The van der Waals surface area contributed by atoms with Crippen LogP contribution in [0.25, 0.3) is 5.57 Å². The van der Waals surface area contributed by atoms with E-state index in [2.05, 4.69) is 11.0 Å². The first-order valence-electron chi connectivity index (χ1n) is 10.6. The highest BCUT2D eigenvalue weighted by atomic mass is 32.2. The molecule has 1 N–H and O–H groups in total. The molecule has 2 aromatic rings. The van der Waals surface area contributed by atoms with E-state index in [1.54, 1.807) is 12.1 Å². The van der Waals surface area contributed by atoms with Crippen LogP contribution in [-0.4, -0.2) is 41.8 Å². The van der Waals surface area contributed by atoms with Gasteiger partial charge in [0.05, 0.1) is 6.61 Å². The van der Waals surface area contributed by atoms with E-state index in [-0.39, 0.29) is 23.3 Å². The largest absolute Gasteiger partial charge is 0.456 e. The molecule has 2 heterocycles. The number of halogens is 3. The fraction of sp³-hybridized carbons (Fsp3) is 0.417. The van der Waals surface area contributed by atoms with Gasteiger partial charge in [0, 0.05) is 22.6 Å². The second-order valence-electron chi connectivity index (χ2n) is 8.01. The summed E-state index contributed by atoms with van der Waals surface area (Å²) in [5, 5.41) is 9.09. The van der Waals surface area contributed by atoms with E-state index < -0.39 is 5.51 Å². The molecule has 0 atom stereocenters. The van der Waals surface area contributed by atoms with Gasteiger partial charge in [-0.2, -0.15) is 13.2 Å². The molecule has 2 aliphatic rings. The van der Waals surface area contributed by atoms with E-state index in [9.17, 15) is 13.2 Å². The number of hydrogen-bond acceptors (Lipinski definition) is 4. The van der Waals surface area contributed by atoms with Crippen LogP contribution in [0.15, 0.2) is 53.4 Å². The van der Waals surface area contributed by atoms with E-state index in [4.69, 9.17) is 9.84 Å². The van der Waals surface area contributed by atoms with Crippen molar-refractivity contribution in [3.63, 3.8) is 0 Å². The SMILES string of the molecule is OCCN1CCC(CCC=C2c3ccccc3Oc3ccc(SC(F)(F)F)cc32)CC1. The molecule has 0 saturated carbocycles. The second-order valence-corrected chi connectivity index (χ2v) is 9.15. The van der Waals surface area contributed by atoms with Crippen LogP contribution >= 0.6 is 11.8 Å². The Morgan fingerprint density at radius 3 is 2.55 bits per heavy atom. The summed E-state index contributed by atoms with van der Waals surface area (Å²) in [7, 11) is 0. The summed E-state index contributed by atoms with van der Waals surface area (Å²) in [6.45, 7) is 2.97. The number of β-amino-alcohol motifs (C(OH)–C–C–N with tert-alkyl or cyclic N) is 1. The monoisotopic (exact) mass is 449 g/mol. The number of aliphatic hydroxyl groups is 1. The highest BCUT2D eigenvalue weighted by Gasteiger charge is 2.30. The average Bonchev–Trinajstić information content (AvgIpc) is 2.74. The number of para-hydroxylation sites is 1. The van der Waals surface area contributed by atoms with Gasteiger partial charge in [-0.1, -0.05) is 24.3 Å². The predicted molar refractivity (Wildman–Crippen MR) is 117 cm³/mol. The van der Waals surface area contributed by atoms with Crippen LogP contribution in [0.4, 0.5) is 13.2 Å². The lowest BCUT2D eigenvalue weighted by atomic mass is 9.89. The molecule has 1 fully saturated rings. The van der Waals surface area contributed by atoms with Crippen LogP contribution < -0.4 is 4.74 Å².